The van der Waals surface area contributed by atoms with Gasteiger partial charge in [0, 0.05) is 26.1 Å². The Hall–Kier alpha value is -2.87. The minimum Gasteiger partial charge on any atom is -0.354 e. The summed E-state index contributed by atoms with van der Waals surface area (Å²) < 4.78 is 26.0. The van der Waals surface area contributed by atoms with Gasteiger partial charge in [-0.25, -0.2) is 8.42 Å². The fourth-order valence-electron chi connectivity index (χ4n) is 3.86. The van der Waals surface area contributed by atoms with Crippen LogP contribution in [0.4, 0.5) is 5.69 Å². The van der Waals surface area contributed by atoms with Gasteiger partial charge in [-0.3, -0.25) is 13.9 Å². The highest BCUT2D eigenvalue weighted by molar-refractivity contribution is 7.92. The molecule has 1 atom stereocenters. The van der Waals surface area contributed by atoms with Crippen molar-refractivity contribution in [1.82, 2.24) is 10.2 Å². The lowest BCUT2D eigenvalue weighted by Gasteiger charge is -2.31. The standard InChI is InChI=1S/C26H37N3O4S/c1-4-19-27-26(31)24(5-2)28(21-18-22-13-8-6-9-14-22)25(30)17-12-20-29(34(3,32)33)23-15-10-7-11-16-23/h6-11,13-16,24H,4-5,12,17-21H2,1-3H3,(H,27,31). The molecular weight excluding hydrogens is 450 g/mol. The van der Waals surface area contributed by atoms with Gasteiger partial charge in [-0.05, 0) is 43.4 Å². The molecule has 186 valence electrons. The van der Waals surface area contributed by atoms with Gasteiger partial charge in [-0.1, -0.05) is 62.4 Å². The zero-order valence-corrected chi connectivity index (χ0v) is 21.3. The quantitative estimate of drug-likeness (QED) is 0.441. The minimum absolute atomic E-state index is 0.143. The van der Waals surface area contributed by atoms with Gasteiger partial charge in [0.25, 0.3) is 0 Å². The van der Waals surface area contributed by atoms with Crippen molar-refractivity contribution >= 4 is 27.5 Å². The number of hydrogen-bond donors (Lipinski definition) is 1. The highest BCUT2D eigenvalue weighted by atomic mass is 32.2. The number of rotatable bonds is 14. The highest BCUT2D eigenvalue weighted by Crippen LogP contribution is 2.18. The SMILES string of the molecule is CCCNC(=O)C(CC)N(CCc1ccccc1)C(=O)CCCN(c1ccccc1)S(C)(=O)=O. The van der Waals surface area contributed by atoms with Crippen LogP contribution < -0.4 is 9.62 Å². The number of benzene rings is 2. The second-order valence-electron chi connectivity index (χ2n) is 8.31. The van der Waals surface area contributed by atoms with E-state index in [4.69, 9.17) is 0 Å². The molecule has 1 unspecified atom stereocenters. The predicted octanol–water partition coefficient (Wildman–Crippen LogP) is 3.61. The van der Waals surface area contributed by atoms with Crippen molar-refractivity contribution in [2.24, 2.45) is 0 Å². The van der Waals surface area contributed by atoms with E-state index in [1.165, 1.54) is 10.6 Å². The summed E-state index contributed by atoms with van der Waals surface area (Å²) >= 11 is 0. The number of anilines is 1. The maximum absolute atomic E-state index is 13.3. The third-order valence-corrected chi connectivity index (χ3v) is 6.81. The van der Waals surface area contributed by atoms with Crippen molar-refractivity contribution in [3.8, 4) is 0 Å². The third kappa shape index (κ3) is 8.48. The summed E-state index contributed by atoms with van der Waals surface area (Å²) in [6.45, 7) is 5.07. The first-order chi connectivity index (χ1) is 16.3. The van der Waals surface area contributed by atoms with Gasteiger partial charge in [-0.2, -0.15) is 0 Å². The molecular formula is C26H37N3O4S. The molecule has 0 fully saturated rings. The van der Waals surface area contributed by atoms with Gasteiger partial charge < -0.3 is 10.2 Å². The Labute approximate surface area is 204 Å². The van der Waals surface area contributed by atoms with Crippen LogP contribution in [0.15, 0.2) is 60.7 Å². The van der Waals surface area contributed by atoms with E-state index in [0.29, 0.717) is 38.0 Å². The van der Waals surface area contributed by atoms with Crippen molar-refractivity contribution in [3.63, 3.8) is 0 Å². The molecule has 0 aliphatic heterocycles. The maximum Gasteiger partial charge on any atom is 0.242 e. The smallest absolute Gasteiger partial charge is 0.242 e. The van der Waals surface area contributed by atoms with E-state index in [2.05, 4.69) is 5.32 Å². The molecule has 7 nitrogen and oxygen atoms in total. The average molecular weight is 488 g/mol. The first kappa shape index (κ1) is 27.4. The first-order valence-corrected chi connectivity index (χ1v) is 13.8. The molecule has 34 heavy (non-hydrogen) atoms. The van der Waals surface area contributed by atoms with Crippen molar-refractivity contribution in [2.75, 3.05) is 30.2 Å². The number of hydrogen-bond acceptors (Lipinski definition) is 4. The van der Waals surface area contributed by atoms with E-state index in [0.717, 1.165) is 12.0 Å². The van der Waals surface area contributed by atoms with Gasteiger partial charge in [0.1, 0.15) is 6.04 Å². The van der Waals surface area contributed by atoms with E-state index >= 15 is 0 Å². The molecule has 2 rings (SSSR count). The lowest BCUT2D eigenvalue weighted by molar-refractivity contribution is -0.140. The maximum atomic E-state index is 13.3. The number of para-hydroxylation sites is 1. The fraction of sp³-hybridized carbons (Fsp3) is 0.462. The summed E-state index contributed by atoms with van der Waals surface area (Å²) in [6.07, 6.45) is 3.65. The van der Waals surface area contributed by atoms with Gasteiger partial charge in [0.2, 0.25) is 21.8 Å². The summed E-state index contributed by atoms with van der Waals surface area (Å²) in [4.78, 5) is 27.7. The summed E-state index contributed by atoms with van der Waals surface area (Å²) in [5.74, 6) is -0.288. The minimum atomic E-state index is -3.48. The third-order valence-electron chi connectivity index (χ3n) is 5.62. The van der Waals surface area contributed by atoms with Crippen molar-refractivity contribution < 1.29 is 18.0 Å². The van der Waals surface area contributed by atoms with Gasteiger partial charge >= 0.3 is 0 Å². The molecule has 0 spiro atoms. The van der Waals surface area contributed by atoms with Crippen molar-refractivity contribution in [3.05, 3.63) is 66.2 Å². The van der Waals surface area contributed by atoms with Gasteiger partial charge in [0.05, 0.1) is 11.9 Å². The molecule has 0 aliphatic carbocycles. The molecule has 0 aliphatic rings. The monoisotopic (exact) mass is 487 g/mol. The van der Waals surface area contributed by atoms with Gasteiger partial charge in [-0.15, -0.1) is 0 Å². The topological polar surface area (TPSA) is 86.8 Å². The predicted molar refractivity (Wildman–Crippen MR) is 137 cm³/mol. The van der Waals surface area contributed by atoms with Crippen LogP contribution >= 0.6 is 0 Å². The summed E-state index contributed by atoms with van der Waals surface area (Å²) in [5.41, 5.74) is 1.67. The van der Waals surface area contributed by atoms with E-state index in [-0.39, 0.29) is 24.8 Å². The molecule has 2 amide bonds. The molecule has 0 saturated carbocycles. The summed E-state index contributed by atoms with van der Waals surface area (Å²) in [5, 5.41) is 2.91. The second-order valence-corrected chi connectivity index (χ2v) is 10.2. The Balaban J connectivity index is 2.11. The highest BCUT2D eigenvalue weighted by Gasteiger charge is 2.28. The first-order valence-electron chi connectivity index (χ1n) is 11.9. The number of nitrogens with one attached hydrogen (secondary N) is 1. The molecule has 2 aromatic rings. The molecule has 0 radical (unpaired) electrons. The zero-order valence-electron chi connectivity index (χ0n) is 20.4. The molecule has 0 aromatic heterocycles. The number of carbonyl (C=O) groups is 2. The van der Waals surface area contributed by atoms with Crippen LogP contribution in [0.1, 0.15) is 45.1 Å². The molecule has 0 heterocycles. The van der Waals surface area contributed by atoms with Gasteiger partial charge in [0.15, 0.2) is 0 Å². The normalized spacial score (nSPS) is 12.1. The lowest BCUT2D eigenvalue weighted by atomic mass is 10.1. The summed E-state index contributed by atoms with van der Waals surface area (Å²) in [6, 6.07) is 18.2. The molecule has 2 aromatic carbocycles. The van der Waals surface area contributed by atoms with Crippen LogP contribution in [-0.2, 0) is 26.0 Å². The van der Waals surface area contributed by atoms with Crippen molar-refractivity contribution in [1.29, 1.82) is 0 Å². The van der Waals surface area contributed by atoms with Crippen molar-refractivity contribution in [2.45, 2.75) is 52.0 Å². The number of amides is 2. The van der Waals surface area contributed by atoms with Crippen LogP contribution in [0, 0.1) is 0 Å². The average Bonchev–Trinajstić information content (AvgIpc) is 2.83. The Morgan fingerprint density at radius 2 is 1.56 bits per heavy atom. The largest absolute Gasteiger partial charge is 0.354 e. The zero-order chi connectivity index (χ0) is 25.0. The molecule has 0 saturated heterocycles. The lowest BCUT2D eigenvalue weighted by Crippen LogP contribution is -2.50. The van der Waals surface area contributed by atoms with Crippen LogP contribution in [0.25, 0.3) is 0 Å². The Morgan fingerprint density at radius 1 is 0.941 bits per heavy atom. The molecule has 8 heteroatoms. The Morgan fingerprint density at radius 3 is 2.12 bits per heavy atom. The molecule has 1 N–H and O–H groups in total. The van der Waals surface area contributed by atoms with Crippen LogP contribution in [0.2, 0.25) is 0 Å². The number of carbonyl (C=O) groups excluding carboxylic acids is 2. The van der Waals surface area contributed by atoms with Crippen LogP contribution in [-0.4, -0.2) is 57.1 Å². The number of nitrogens with zero attached hydrogens (tertiary/aromatic N) is 2. The number of sulfonamides is 1. The fourth-order valence-corrected chi connectivity index (χ4v) is 4.83. The Bertz CT molecular complexity index is 997. The molecule has 0 bridgehead atoms. The van der Waals surface area contributed by atoms with Crippen LogP contribution in [0.3, 0.4) is 0 Å². The second kappa shape index (κ2) is 13.7. The van der Waals surface area contributed by atoms with E-state index in [1.54, 1.807) is 29.2 Å². The Kier molecular flexibility index (Phi) is 11.1. The summed E-state index contributed by atoms with van der Waals surface area (Å²) in [7, 11) is -3.48. The van der Waals surface area contributed by atoms with E-state index in [9.17, 15) is 18.0 Å². The van der Waals surface area contributed by atoms with Crippen LogP contribution in [0.5, 0.6) is 0 Å². The van der Waals surface area contributed by atoms with E-state index < -0.39 is 16.1 Å². The van der Waals surface area contributed by atoms with E-state index in [1.807, 2.05) is 50.2 Å².